The number of phenols is 1. The zero-order valence-electron chi connectivity index (χ0n) is 51.8. The molecule has 9 rings (SSSR count). The summed E-state index contributed by atoms with van der Waals surface area (Å²) < 4.78 is 11.7. The number of carbonyl (C=O) groups is 7. The van der Waals surface area contributed by atoms with Gasteiger partial charge in [0.2, 0.25) is 35.4 Å². The molecule has 1 aromatic heterocycles. The van der Waals surface area contributed by atoms with Crippen molar-refractivity contribution in [3.05, 3.63) is 77.9 Å². The van der Waals surface area contributed by atoms with E-state index < -0.39 is 152 Å². The third kappa shape index (κ3) is 15.8. The monoisotopic (exact) mass is 1300 g/mol. The number of ether oxygens (including phenoxy) is 2. The maximum atomic E-state index is 14.7. The van der Waals surface area contributed by atoms with Crippen molar-refractivity contribution in [3.8, 4) is 32.6 Å². The molecular weight excluding hydrogens is 1210 g/mol. The van der Waals surface area contributed by atoms with Crippen LogP contribution in [0.3, 0.4) is 0 Å². The lowest BCUT2D eigenvalue weighted by Crippen LogP contribution is -2.64. The molecule has 500 valence electrons. The first kappa shape index (κ1) is 68.9. The minimum atomic E-state index is -2.04. The molecule has 4 saturated heterocycles. The summed E-state index contributed by atoms with van der Waals surface area (Å²) in [5, 5.41) is 102. The first-order valence-corrected chi connectivity index (χ1v) is 32.2. The zero-order chi connectivity index (χ0) is 66.1. The molecule has 7 amide bonds. The van der Waals surface area contributed by atoms with Gasteiger partial charge in [-0.3, -0.25) is 33.6 Å². The second kappa shape index (κ2) is 30.5. The number of nitrogens with two attached hydrogens (primary N) is 2. The highest BCUT2D eigenvalue weighted by Gasteiger charge is 2.50. The van der Waals surface area contributed by atoms with Gasteiger partial charge < -0.3 is 98.0 Å². The number of piperidine rings is 1. The fourth-order valence-electron chi connectivity index (χ4n) is 13.2. The van der Waals surface area contributed by atoms with Crippen LogP contribution >= 0.6 is 11.3 Å². The zero-order valence-corrected chi connectivity index (χ0v) is 52.6. The van der Waals surface area contributed by atoms with Crippen LogP contribution in [0.25, 0.3) is 21.1 Å². The topological polar surface area (TPSA) is 427 Å². The van der Waals surface area contributed by atoms with E-state index in [1.54, 1.807) is 12.1 Å². The number of nitrogens with zero attached hydrogens (tertiary/aromatic N) is 5. The Hall–Kier alpha value is -7.45. The number of amides is 7. The third-order valence-corrected chi connectivity index (χ3v) is 19.5. The van der Waals surface area contributed by atoms with Crippen LogP contribution in [0.2, 0.25) is 0 Å². The van der Waals surface area contributed by atoms with Crippen molar-refractivity contribution >= 4 is 58.4 Å². The minimum absolute atomic E-state index is 0.00422. The number of hydrogen-bond donors (Lipinski definition) is 14. The molecule has 1 aliphatic carbocycles. The lowest BCUT2D eigenvalue weighted by molar-refractivity contribution is -0.147. The molecule has 16 N–H and O–H groups in total. The van der Waals surface area contributed by atoms with Crippen LogP contribution in [0.1, 0.15) is 87.6 Å². The number of benzene rings is 3. The van der Waals surface area contributed by atoms with Gasteiger partial charge in [-0.1, -0.05) is 49.3 Å². The number of hydrogen-bond acceptors (Lipinski definition) is 22. The average molecular weight is 1300 g/mol. The molecule has 29 heteroatoms. The molecule has 5 aliphatic rings. The third-order valence-electron chi connectivity index (χ3n) is 18.5. The van der Waals surface area contributed by atoms with Gasteiger partial charge in [0.25, 0.3) is 5.91 Å². The first-order valence-electron chi connectivity index (χ1n) is 31.4. The second-order valence-electron chi connectivity index (χ2n) is 24.8. The quantitative estimate of drug-likeness (QED) is 0.0565. The average Bonchev–Trinajstić information content (AvgIpc) is 1.56. The number of aromatic hydroxyl groups is 1. The van der Waals surface area contributed by atoms with E-state index in [0.717, 1.165) is 53.9 Å². The van der Waals surface area contributed by atoms with Gasteiger partial charge in [0.1, 0.15) is 52.9 Å². The number of carbonyl (C=O) groups excluding carboxylic acids is 7. The van der Waals surface area contributed by atoms with Crippen molar-refractivity contribution in [3.63, 3.8) is 0 Å². The minimum Gasteiger partial charge on any atom is -0.504 e. The SMILES string of the molecule is COC1(C2CCCC2)CCN(c2ccc(-c3nnc(-c4ccc(C(=O)NC5C[C@@H](O)CNC(=O)[C@@H]6[C@@H](O)[C@@H](C)CN6C(=O)[C@H]([C@H](O)CCN)NC(=O)[C@H]([C@H](O)Cc6ccc(O)c(OCCN)c6)NC(=O)[C@@H]6C[C@@H](O)CN6C(=O)[C@H]([C@@H](C)O)NC5=O)cc4)s3)cc2)CC1. The predicted molar refractivity (Wildman–Crippen MR) is 335 cm³/mol. The lowest BCUT2D eigenvalue weighted by atomic mass is 9.78. The summed E-state index contributed by atoms with van der Waals surface area (Å²) in [6.07, 6.45) is -4.91. The molecule has 28 nitrogen and oxygen atoms in total. The van der Waals surface area contributed by atoms with Crippen LogP contribution in [0.15, 0.2) is 66.7 Å². The summed E-state index contributed by atoms with van der Waals surface area (Å²) >= 11 is 1.35. The molecule has 3 aromatic carbocycles. The molecule has 0 radical (unpaired) electrons. The van der Waals surface area contributed by atoms with E-state index in [9.17, 15) is 69.3 Å². The van der Waals surface area contributed by atoms with Crippen LogP contribution in [0.4, 0.5) is 5.69 Å². The van der Waals surface area contributed by atoms with E-state index in [-0.39, 0.29) is 60.9 Å². The standard InChI is InChI=1S/C63H86N12O16S/c1-33-31-75-52(53(33)82)58(87)66-30-41(77)28-43(67-54(83)36-9-11-37(12-10-36)59-71-72-60(92-59)38-13-15-40(16-14-38)73-23-19-63(90-3,20-24-73)39-6-4-5-7-39)55(84)68-49(34(2)76)61(88)74-32-42(78)29-44(74)56(85)69-50(57(86)70-51(62(75)89)46(80)18-21-64)47(81)26-35-8-17-45(79)48(27-35)91-25-22-65/h8-17,27,33-34,39,41-44,46-47,49-53,76-82H,4-7,18-26,28-32,64-65H2,1-3H3,(H,66,87)(H,67,83)(H,68,84)(H,69,85)(H,70,86)/t33-,34+,41+,42+,43?,44-,46+,47+,49-,50-,51-,52-,53-/m0/s1. The summed E-state index contributed by atoms with van der Waals surface area (Å²) in [6, 6.07) is 7.49. The fraction of sp³-hybridized carbons (Fsp3) is 0.571. The van der Waals surface area contributed by atoms with Crippen molar-refractivity contribution in [1.29, 1.82) is 0 Å². The molecule has 1 saturated carbocycles. The first-order chi connectivity index (χ1) is 44.0. The molecule has 5 heterocycles. The molecule has 0 spiro atoms. The highest BCUT2D eigenvalue weighted by Crippen LogP contribution is 2.43. The molecule has 4 aromatic rings. The van der Waals surface area contributed by atoms with Gasteiger partial charge in [-0.05, 0) is 106 Å². The van der Waals surface area contributed by atoms with E-state index in [2.05, 4.69) is 53.8 Å². The summed E-state index contributed by atoms with van der Waals surface area (Å²) in [7, 11) is 1.85. The summed E-state index contributed by atoms with van der Waals surface area (Å²) in [5.74, 6) is -8.02. The Bertz CT molecular complexity index is 3240. The smallest absolute Gasteiger partial charge is 0.251 e. The van der Waals surface area contributed by atoms with E-state index in [1.807, 2.05) is 19.2 Å². The number of fused-ring (bicyclic) bond motifs is 2. The van der Waals surface area contributed by atoms with E-state index in [4.69, 9.17) is 20.9 Å². The van der Waals surface area contributed by atoms with Crippen molar-refractivity contribution in [2.45, 2.75) is 157 Å². The highest BCUT2D eigenvalue weighted by atomic mass is 32.1. The Morgan fingerprint density at radius 3 is 2.02 bits per heavy atom. The number of β-amino-alcohol motifs (C(OH)–C–C–N with tert-alkyl or cyclic N) is 1. The second-order valence-corrected chi connectivity index (χ2v) is 25.8. The van der Waals surface area contributed by atoms with Gasteiger partial charge in [-0.2, -0.15) is 0 Å². The maximum absolute atomic E-state index is 14.7. The van der Waals surface area contributed by atoms with Crippen LogP contribution in [-0.2, 0) is 39.9 Å². The number of aromatic nitrogens is 2. The Morgan fingerprint density at radius 2 is 1.39 bits per heavy atom. The van der Waals surface area contributed by atoms with Crippen molar-refractivity contribution in [1.82, 2.24) is 46.6 Å². The Morgan fingerprint density at radius 1 is 0.761 bits per heavy atom. The van der Waals surface area contributed by atoms with Crippen LogP contribution in [-0.4, -0.2) is 235 Å². The highest BCUT2D eigenvalue weighted by molar-refractivity contribution is 7.17. The maximum Gasteiger partial charge on any atom is 0.251 e. The van der Waals surface area contributed by atoms with Gasteiger partial charge in [-0.25, -0.2) is 0 Å². The predicted octanol–water partition coefficient (Wildman–Crippen LogP) is -1.61. The van der Waals surface area contributed by atoms with Gasteiger partial charge >= 0.3 is 0 Å². The number of phenolic OH excluding ortho intramolecular Hbond substituents is 1. The van der Waals surface area contributed by atoms with Crippen LogP contribution < -0.4 is 47.7 Å². The summed E-state index contributed by atoms with van der Waals surface area (Å²) in [4.78, 5) is 106. The Labute approximate surface area is 536 Å². The molecule has 0 bridgehead atoms. The normalized spacial score (nSPS) is 27.4. The van der Waals surface area contributed by atoms with Gasteiger partial charge in [-0.15, -0.1) is 10.2 Å². The van der Waals surface area contributed by atoms with Gasteiger partial charge in [0.15, 0.2) is 11.5 Å². The number of anilines is 1. The van der Waals surface area contributed by atoms with E-state index in [0.29, 0.717) is 21.5 Å². The Balaban J connectivity index is 0.957. The van der Waals surface area contributed by atoms with E-state index >= 15 is 0 Å². The van der Waals surface area contributed by atoms with Crippen LogP contribution in [0, 0.1) is 11.8 Å². The number of rotatable bonds is 17. The number of aliphatic hydroxyl groups is 6. The fourth-order valence-corrected chi connectivity index (χ4v) is 14.1. The van der Waals surface area contributed by atoms with Crippen LogP contribution in [0.5, 0.6) is 11.5 Å². The van der Waals surface area contributed by atoms with Crippen molar-refractivity contribution < 1.29 is 78.8 Å². The molecule has 1 unspecified atom stereocenters. The van der Waals surface area contributed by atoms with Gasteiger partial charge in [0.05, 0.1) is 42.2 Å². The molecular formula is C63H86N12O16S. The van der Waals surface area contributed by atoms with Crippen molar-refractivity contribution in [2.24, 2.45) is 23.3 Å². The van der Waals surface area contributed by atoms with Gasteiger partial charge in [0, 0.05) is 93.9 Å². The molecule has 92 heavy (non-hydrogen) atoms. The number of nitrogens with one attached hydrogen (secondary N) is 5. The molecule has 5 fully saturated rings. The van der Waals surface area contributed by atoms with Crippen molar-refractivity contribution in [2.75, 3.05) is 64.4 Å². The molecule has 4 aliphatic heterocycles. The largest absolute Gasteiger partial charge is 0.504 e. The Kier molecular flexibility index (Phi) is 22.9. The summed E-state index contributed by atoms with van der Waals surface area (Å²) in [5.41, 5.74) is 14.2. The summed E-state index contributed by atoms with van der Waals surface area (Å²) in [6.45, 7) is 2.89. The number of aliphatic hydroxyl groups excluding tert-OH is 6. The molecule has 13 atom stereocenters. The number of methoxy groups -OCH3 is 1. The van der Waals surface area contributed by atoms with E-state index in [1.165, 1.54) is 74.3 Å². The lowest BCUT2D eigenvalue weighted by Gasteiger charge is -2.45.